The van der Waals surface area contributed by atoms with Gasteiger partial charge in [0.25, 0.3) is 0 Å². The van der Waals surface area contributed by atoms with Gasteiger partial charge in [-0.2, -0.15) is 0 Å². The standard InChI is InChI=1S/C24H32O2/c1-3-5-7-9-11-20-14-17-22(24(25)26)23(18-20)21-15-12-19(13-16-21)10-8-6-4-2/h12-18H,3-11H2,1-2H3,(H,25,26). The van der Waals surface area contributed by atoms with Crippen LogP contribution in [0, 0.1) is 0 Å². The molecule has 2 rings (SSSR count). The SMILES string of the molecule is CCCCCCc1ccc(C(=O)O)c(-c2ccc(CCCCC)cc2)c1. The normalized spacial score (nSPS) is 10.8. The van der Waals surface area contributed by atoms with Crippen LogP contribution in [0.15, 0.2) is 42.5 Å². The summed E-state index contributed by atoms with van der Waals surface area (Å²) in [6.45, 7) is 4.43. The van der Waals surface area contributed by atoms with Gasteiger partial charge >= 0.3 is 5.97 Å². The third-order valence-corrected chi connectivity index (χ3v) is 4.97. The second-order valence-electron chi connectivity index (χ2n) is 7.15. The molecule has 0 aliphatic heterocycles. The van der Waals surface area contributed by atoms with E-state index in [0.29, 0.717) is 5.56 Å². The molecule has 0 radical (unpaired) electrons. The average Bonchev–Trinajstić information content (AvgIpc) is 2.66. The molecule has 0 aliphatic rings. The van der Waals surface area contributed by atoms with Crippen molar-refractivity contribution >= 4 is 5.97 Å². The van der Waals surface area contributed by atoms with E-state index in [2.05, 4.69) is 44.2 Å². The van der Waals surface area contributed by atoms with Gasteiger partial charge in [-0.3, -0.25) is 0 Å². The molecule has 0 amide bonds. The minimum absolute atomic E-state index is 0.390. The molecule has 2 aromatic carbocycles. The molecule has 1 N–H and O–H groups in total. The summed E-state index contributed by atoms with van der Waals surface area (Å²) in [4.78, 5) is 11.6. The van der Waals surface area contributed by atoms with E-state index in [9.17, 15) is 9.90 Å². The molecule has 140 valence electrons. The summed E-state index contributed by atoms with van der Waals surface area (Å²) < 4.78 is 0. The van der Waals surface area contributed by atoms with Crippen LogP contribution in [0.25, 0.3) is 11.1 Å². The molecule has 0 aromatic heterocycles. The fourth-order valence-electron chi connectivity index (χ4n) is 3.36. The van der Waals surface area contributed by atoms with Gasteiger partial charge in [-0.05, 0) is 54.0 Å². The van der Waals surface area contributed by atoms with Crippen LogP contribution < -0.4 is 0 Å². The van der Waals surface area contributed by atoms with Crippen LogP contribution in [0.2, 0.25) is 0 Å². The van der Waals surface area contributed by atoms with E-state index in [1.54, 1.807) is 6.07 Å². The zero-order chi connectivity index (χ0) is 18.8. The van der Waals surface area contributed by atoms with Crippen molar-refractivity contribution in [3.63, 3.8) is 0 Å². The first kappa shape index (κ1) is 20.2. The van der Waals surface area contributed by atoms with Gasteiger partial charge in [0, 0.05) is 0 Å². The van der Waals surface area contributed by atoms with E-state index in [1.165, 1.54) is 49.7 Å². The summed E-state index contributed by atoms with van der Waals surface area (Å²) >= 11 is 0. The smallest absolute Gasteiger partial charge is 0.336 e. The van der Waals surface area contributed by atoms with Crippen LogP contribution >= 0.6 is 0 Å². The number of aromatic carboxylic acids is 1. The van der Waals surface area contributed by atoms with E-state index >= 15 is 0 Å². The molecular weight excluding hydrogens is 320 g/mol. The summed E-state index contributed by atoms with van der Waals surface area (Å²) in [6, 6.07) is 14.2. The number of carbonyl (C=O) groups is 1. The van der Waals surface area contributed by atoms with E-state index in [1.807, 2.05) is 6.07 Å². The van der Waals surface area contributed by atoms with Gasteiger partial charge in [-0.25, -0.2) is 4.79 Å². The van der Waals surface area contributed by atoms with Gasteiger partial charge < -0.3 is 5.11 Å². The van der Waals surface area contributed by atoms with Crippen molar-refractivity contribution in [3.8, 4) is 11.1 Å². The number of carboxylic acid groups (broad SMARTS) is 1. The Morgan fingerprint density at radius 1 is 0.769 bits per heavy atom. The molecule has 2 heteroatoms. The van der Waals surface area contributed by atoms with Gasteiger partial charge in [0.15, 0.2) is 0 Å². The minimum Gasteiger partial charge on any atom is -0.478 e. The largest absolute Gasteiger partial charge is 0.478 e. The molecule has 0 saturated carbocycles. The Morgan fingerprint density at radius 3 is 2.00 bits per heavy atom. The summed E-state index contributed by atoms with van der Waals surface area (Å²) in [5.41, 5.74) is 4.78. The van der Waals surface area contributed by atoms with Crippen molar-refractivity contribution in [3.05, 3.63) is 59.2 Å². The van der Waals surface area contributed by atoms with E-state index in [4.69, 9.17) is 0 Å². The zero-order valence-corrected chi connectivity index (χ0v) is 16.3. The molecule has 0 atom stereocenters. The fourth-order valence-corrected chi connectivity index (χ4v) is 3.36. The van der Waals surface area contributed by atoms with Crippen LogP contribution in [-0.2, 0) is 12.8 Å². The van der Waals surface area contributed by atoms with E-state index < -0.39 is 5.97 Å². The van der Waals surface area contributed by atoms with Gasteiger partial charge in [0.05, 0.1) is 5.56 Å². The number of rotatable bonds is 11. The maximum absolute atomic E-state index is 11.6. The molecule has 2 nitrogen and oxygen atoms in total. The predicted molar refractivity (Wildman–Crippen MR) is 110 cm³/mol. The quantitative estimate of drug-likeness (QED) is 0.446. The maximum Gasteiger partial charge on any atom is 0.336 e. The summed E-state index contributed by atoms with van der Waals surface area (Å²) in [5.74, 6) is -0.857. The Bertz CT molecular complexity index is 686. The highest BCUT2D eigenvalue weighted by Gasteiger charge is 2.12. The molecule has 0 heterocycles. The maximum atomic E-state index is 11.6. The molecule has 0 aliphatic carbocycles. The molecule has 26 heavy (non-hydrogen) atoms. The minimum atomic E-state index is -0.857. The Balaban J connectivity index is 2.17. The van der Waals surface area contributed by atoms with Crippen molar-refractivity contribution in [1.29, 1.82) is 0 Å². The number of carboxylic acids is 1. The molecule has 0 fully saturated rings. The first-order valence-electron chi connectivity index (χ1n) is 10.1. The van der Waals surface area contributed by atoms with Crippen LogP contribution in [0.5, 0.6) is 0 Å². The van der Waals surface area contributed by atoms with Gasteiger partial charge in [0.1, 0.15) is 0 Å². The van der Waals surface area contributed by atoms with Crippen molar-refractivity contribution < 1.29 is 9.90 Å². The van der Waals surface area contributed by atoms with Crippen molar-refractivity contribution in [1.82, 2.24) is 0 Å². The molecule has 0 saturated heterocycles. The summed E-state index contributed by atoms with van der Waals surface area (Å²) in [5, 5.41) is 9.56. The first-order valence-corrected chi connectivity index (χ1v) is 10.1. The Labute approximate surface area is 158 Å². The predicted octanol–water partition coefficient (Wildman–Crippen LogP) is 6.91. The third kappa shape index (κ3) is 6.01. The lowest BCUT2D eigenvalue weighted by atomic mass is 9.94. The highest BCUT2D eigenvalue weighted by atomic mass is 16.4. The number of hydrogen-bond donors (Lipinski definition) is 1. The summed E-state index contributed by atoms with van der Waals surface area (Å²) in [6.07, 6.45) is 10.7. The topological polar surface area (TPSA) is 37.3 Å². The highest BCUT2D eigenvalue weighted by Crippen LogP contribution is 2.27. The number of aryl methyl sites for hydroxylation is 2. The average molecular weight is 353 g/mol. The first-order chi connectivity index (χ1) is 12.7. The van der Waals surface area contributed by atoms with Crippen LogP contribution in [-0.4, -0.2) is 11.1 Å². The van der Waals surface area contributed by atoms with Gasteiger partial charge in [0.2, 0.25) is 0 Å². The lowest BCUT2D eigenvalue weighted by Crippen LogP contribution is -2.01. The molecule has 0 spiro atoms. The Morgan fingerprint density at radius 2 is 1.35 bits per heavy atom. The lowest BCUT2D eigenvalue weighted by molar-refractivity contribution is 0.0697. The number of benzene rings is 2. The zero-order valence-electron chi connectivity index (χ0n) is 16.3. The Hall–Kier alpha value is -2.09. The summed E-state index contributed by atoms with van der Waals surface area (Å²) in [7, 11) is 0. The van der Waals surface area contributed by atoms with E-state index in [-0.39, 0.29) is 0 Å². The lowest BCUT2D eigenvalue weighted by Gasteiger charge is -2.11. The second kappa shape index (κ2) is 10.8. The van der Waals surface area contributed by atoms with Crippen molar-refractivity contribution in [2.75, 3.05) is 0 Å². The fraction of sp³-hybridized carbons (Fsp3) is 0.458. The molecule has 0 bridgehead atoms. The van der Waals surface area contributed by atoms with E-state index in [0.717, 1.165) is 30.4 Å². The van der Waals surface area contributed by atoms with Gasteiger partial charge in [-0.15, -0.1) is 0 Å². The van der Waals surface area contributed by atoms with Crippen molar-refractivity contribution in [2.24, 2.45) is 0 Å². The highest BCUT2D eigenvalue weighted by molar-refractivity contribution is 5.96. The number of hydrogen-bond acceptors (Lipinski definition) is 1. The monoisotopic (exact) mass is 352 g/mol. The van der Waals surface area contributed by atoms with Crippen LogP contribution in [0.3, 0.4) is 0 Å². The Kier molecular flexibility index (Phi) is 8.40. The van der Waals surface area contributed by atoms with Crippen LogP contribution in [0.1, 0.15) is 80.3 Å². The number of unbranched alkanes of at least 4 members (excludes halogenated alkanes) is 5. The van der Waals surface area contributed by atoms with Crippen LogP contribution in [0.4, 0.5) is 0 Å². The third-order valence-electron chi connectivity index (χ3n) is 4.97. The molecule has 0 unspecified atom stereocenters. The van der Waals surface area contributed by atoms with Crippen molar-refractivity contribution in [2.45, 2.75) is 71.6 Å². The van der Waals surface area contributed by atoms with Gasteiger partial charge in [-0.1, -0.05) is 82.3 Å². The second-order valence-corrected chi connectivity index (χ2v) is 7.15. The molecule has 2 aromatic rings. The molecular formula is C24H32O2.